The van der Waals surface area contributed by atoms with Gasteiger partial charge in [-0.3, -0.25) is 4.79 Å². The van der Waals surface area contributed by atoms with Crippen molar-refractivity contribution in [3.63, 3.8) is 0 Å². The topological polar surface area (TPSA) is 46.5 Å². The van der Waals surface area contributed by atoms with Gasteiger partial charge in [-0.05, 0) is 30.2 Å². The standard InChI is InChI=1S/C17H15ClO3/c18-12-6-4-11(5-7-12)16(20)10-21-17-3-1-2-13-14(17)8-9-15(13)19/h1-7,16,20H,8-10H2. The Morgan fingerprint density at radius 1 is 1.14 bits per heavy atom. The third-order valence-electron chi connectivity index (χ3n) is 3.69. The zero-order valence-corrected chi connectivity index (χ0v) is 12.1. The van der Waals surface area contributed by atoms with Gasteiger partial charge in [0, 0.05) is 22.6 Å². The Hall–Kier alpha value is -1.84. The molecule has 0 amide bonds. The van der Waals surface area contributed by atoms with Crippen LogP contribution < -0.4 is 4.74 Å². The van der Waals surface area contributed by atoms with Crippen molar-refractivity contribution in [3.05, 3.63) is 64.2 Å². The summed E-state index contributed by atoms with van der Waals surface area (Å²) in [6, 6.07) is 12.5. The van der Waals surface area contributed by atoms with E-state index in [1.807, 2.05) is 18.2 Å². The van der Waals surface area contributed by atoms with Gasteiger partial charge in [-0.2, -0.15) is 0 Å². The molecule has 0 saturated carbocycles. The molecule has 2 aromatic rings. The summed E-state index contributed by atoms with van der Waals surface area (Å²) in [6.07, 6.45) is 0.520. The predicted octanol–water partition coefficient (Wildman–Crippen LogP) is 3.58. The minimum absolute atomic E-state index is 0.145. The second-order valence-corrected chi connectivity index (χ2v) is 5.52. The molecule has 0 saturated heterocycles. The Morgan fingerprint density at radius 2 is 1.90 bits per heavy atom. The van der Waals surface area contributed by atoms with E-state index in [-0.39, 0.29) is 12.4 Å². The van der Waals surface area contributed by atoms with Gasteiger partial charge in [-0.1, -0.05) is 35.9 Å². The highest BCUT2D eigenvalue weighted by atomic mass is 35.5. The minimum Gasteiger partial charge on any atom is -0.490 e. The van der Waals surface area contributed by atoms with Crippen LogP contribution in [0, 0.1) is 0 Å². The van der Waals surface area contributed by atoms with Gasteiger partial charge in [-0.25, -0.2) is 0 Å². The molecule has 1 unspecified atom stereocenters. The summed E-state index contributed by atoms with van der Waals surface area (Å²) >= 11 is 5.82. The molecule has 3 nitrogen and oxygen atoms in total. The molecule has 1 N–H and O–H groups in total. The molecule has 3 rings (SSSR count). The third kappa shape index (κ3) is 2.94. The van der Waals surface area contributed by atoms with Crippen LogP contribution in [-0.2, 0) is 6.42 Å². The molecule has 21 heavy (non-hydrogen) atoms. The molecular formula is C17H15ClO3. The number of halogens is 1. The van der Waals surface area contributed by atoms with Crippen LogP contribution in [-0.4, -0.2) is 17.5 Å². The van der Waals surface area contributed by atoms with Gasteiger partial charge in [0.1, 0.15) is 18.5 Å². The summed E-state index contributed by atoms with van der Waals surface area (Å²) in [7, 11) is 0. The van der Waals surface area contributed by atoms with Crippen molar-refractivity contribution in [2.75, 3.05) is 6.61 Å². The molecule has 0 spiro atoms. The number of carbonyl (C=O) groups is 1. The number of hydrogen-bond acceptors (Lipinski definition) is 3. The van der Waals surface area contributed by atoms with Gasteiger partial charge in [0.05, 0.1) is 0 Å². The maximum absolute atomic E-state index is 11.7. The highest BCUT2D eigenvalue weighted by molar-refractivity contribution is 6.30. The quantitative estimate of drug-likeness (QED) is 0.939. The molecule has 2 aromatic carbocycles. The van der Waals surface area contributed by atoms with Crippen LogP contribution in [0.5, 0.6) is 5.75 Å². The molecule has 0 fully saturated rings. The first-order chi connectivity index (χ1) is 10.1. The van der Waals surface area contributed by atoms with Crippen molar-refractivity contribution >= 4 is 17.4 Å². The highest BCUT2D eigenvalue weighted by Gasteiger charge is 2.23. The van der Waals surface area contributed by atoms with Crippen molar-refractivity contribution in [2.24, 2.45) is 0 Å². The molecule has 0 aromatic heterocycles. The van der Waals surface area contributed by atoms with E-state index in [9.17, 15) is 9.90 Å². The number of ether oxygens (including phenoxy) is 1. The van der Waals surface area contributed by atoms with Crippen molar-refractivity contribution in [1.29, 1.82) is 0 Å². The lowest BCUT2D eigenvalue weighted by Gasteiger charge is -2.15. The Bertz CT molecular complexity index is 664. The predicted molar refractivity (Wildman–Crippen MR) is 81.0 cm³/mol. The fourth-order valence-corrected chi connectivity index (χ4v) is 2.67. The third-order valence-corrected chi connectivity index (χ3v) is 3.94. The van der Waals surface area contributed by atoms with E-state index < -0.39 is 6.10 Å². The molecule has 0 radical (unpaired) electrons. The first-order valence-electron chi connectivity index (χ1n) is 6.86. The fourth-order valence-electron chi connectivity index (χ4n) is 2.54. The maximum Gasteiger partial charge on any atom is 0.163 e. The summed E-state index contributed by atoms with van der Waals surface area (Å²) in [4.78, 5) is 11.7. The SMILES string of the molecule is O=C1CCc2c(OCC(O)c3ccc(Cl)cc3)cccc21. The molecule has 0 heterocycles. The summed E-state index contributed by atoms with van der Waals surface area (Å²) < 4.78 is 5.71. The zero-order chi connectivity index (χ0) is 14.8. The Kier molecular flexibility index (Phi) is 3.95. The molecule has 1 atom stereocenters. The molecule has 0 bridgehead atoms. The van der Waals surface area contributed by atoms with E-state index in [1.54, 1.807) is 24.3 Å². The van der Waals surface area contributed by atoms with Gasteiger partial charge < -0.3 is 9.84 Å². The second-order valence-electron chi connectivity index (χ2n) is 5.08. The highest BCUT2D eigenvalue weighted by Crippen LogP contribution is 2.31. The average molecular weight is 303 g/mol. The van der Waals surface area contributed by atoms with Crippen LogP contribution in [0.15, 0.2) is 42.5 Å². The number of Topliss-reactive ketones (excluding diaryl/α,β-unsaturated/α-hetero) is 1. The van der Waals surface area contributed by atoms with Crippen LogP contribution >= 0.6 is 11.6 Å². The van der Waals surface area contributed by atoms with Crippen LogP contribution in [0.2, 0.25) is 5.02 Å². The molecular weight excluding hydrogens is 288 g/mol. The molecule has 4 heteroatoms. The first-order valence-corrected chi connectivity index (χ1v) is 7.24. The number of aliphatic hydroxyl groups excluding tert-OH is 1. The van der Waals surface area contributed by atoms with Crippen LogP contribution in [0.1, 0.15) is 34.0 Å². The van der Waals surface area contributed by atoms with E-state index in [0.29, 0.717) is 23.6 Å². The summed E-state index contributed by atoms with van der Waals surface area (Å²) in [5.74, 6) is 0.847. The van der Waals surface area contributed by atoms with Crippen LogP contribution in [0.4, 0.5) is 0 Å². The van der Waals surface area contributed by atoms with Crippen molar-refractivity contribution in [1.82, 2.24) is 0 Å². The largest absolute Gasteiger partial charge is 0.490 e. The summed E-state index contributed by atoms with van der Waals surface area (Å²) in [5.41, 5.74) is 2.45. The number of hydrogen-bond donors (Lipinski definition) is 1. The minimum atomic E-state index is -0.727. The number of aliphatic hydroxyl groups is 1. The van der Waals surface area contributed by atoms with Gasteiger partial charge in [0.15, 0.2) is 5.78 Å². The Balaban J connectivity index is 1.71. The van der Waals surface area contributed by atoms with Crippen molar-refractivity contribution < 1.29 is 14.6 Å². The van der Waals surface area contributed by atoms with E-state index in [1.165, 1.54) is 0 Å². The Labute approximate surface area is 128 Å². The monoisotopic (exact) mass is 302 g/mol. The average Bonchev–Trinajstić information content (AvgIpc) is 2.88. The summed E-state index contributed by atoms with van der Waals surface area (Å²) in [6.45, 7) is 0.145. The van der Waals surface area contributed by atoms with Crippen LogP contribution in [0.25, 0.3) is 0 Å². The van der Waals surface area contributed by atoms with Crippen LogP contribution in [0.3, 0.4) is 0 Å². The smallest absolute Gasteiger partial charge is 0.163 e. The lowest BCUT2D eigenvalue weighted by Crippen LogP contribution is -2.10. The van der Waals surface area contributed by atoms with Gasteiger partial charge in [0.2, 0.25) is 0 Å². The normalized spacial score (nSPS) is 14.9. The Morgan fingerprint density at radius 3 is 2.67 bits per heavy atom. The molecule has 108 valence electrons. The number of benzene rings is 2. The molecule has 1 aliphatic carbocycles. The second kappa shape index (κ2) is 5.88. The number of carbonyl (C=O) groups excluding carboxylic acids is 1. The fraction of sp³-hybridized carbons (Fsp3) is 0.235. The van der Waals surface area contributed by atoms with E-state index in [0.717, 1.165) is 16.7 Å². The first kappa shape index (κ1) is 14.1. The maximum atomic E-state index is 11.7. The molecule has 0 aliphatic heterocycles. The molecule has 1 aliphatic rings. The lowest BCUT2D eigenvalue weighted by atomic mass is 10.1. The number of rotatable bonds is 4. The van der Waals surface area contributed by atoms with E-state index in [2.05, 4.69) is 0 Å². The van der Waals surface area contributed by atoms with Gasteiger partial charge >= 0.3 is 0 Å². The number of fused-ring (bicyclic) bond motifs is 1. The number of ketones is 1. The van der Waals surface area contributed by atoms with Gasteiger partial charge in [0.25, 0.3) is 0 Å². The lowest BCUT2D eigenvalue weighted by molar-refractivity contribution is 0.0994. The summed E-state index contributed by atoms with van der Waals surface area (Å²) in [5, 5.41) is 10.8. The van der Waals surface area contributed by atoms with E-state index in [4.69, 9.17) is 16.3 Å². The van der Waals surface area contributed by atoms with Gasteiger partial charge in [-0.15, -0.1) is 0 Å². The van der Waals surface area contributed by atoms with Crippen molar-refractivity contribution in [3.8, 4) is 5.75 Å². The zero-order valence-electron chi connectivity index (χ0n) is 11.4. The van der Waals surface area contributed by atoms with E-state index >= 15 is 0 Å². The van der Waals surface area contributed by atoms with Crippen molar-refractivity contribution in [2.45, 2.75) is 18.9 Å².